The first-order chi connectivity index (χ1) is 9.77. The maximum Gasteiger partial charge on any atom is 0.389 e. The summed E-state index contributed by atoms with van der Waals surface area (Å²) in [6, 6.07) is 10.0. The molecule has 120 valence electrons. The van der Waals surface area contributed by atoms with Gasteiger partial charge < -0.3 is 5.32 Å². The van der Waals surface area contributed by atoms with Crippen LogP contribution < -0.4 is 5.32 Å². The number of halogens is 3. The molecule has 21 heavy (non-hydrogen) atoms. The molecule has 0 radical (unpaired) electrons. The van der Waals surface area contributed by atoms with Crippen molar-refractivity contribution >= 4 is 0 Å². The Hall–Kier alpha value is -1.03. The maximum atomic E-state index is 12.4. The Bertz CT molecular complexity index is 398. The van der Waals surface area contributed by atoms with E-state index in [1.54, 1.807) is 0 Å². The molecular weight excluding hydrogens is 275 g/mol. The minimum absolute atomic E-state index is 0.0437. The Morgan fingerprint density at radius 1 is 1.10 bits per heavy atom. The molecule has 0 saturated carbocycles. The summed E-state index contributed by atoms with van der Waals surface area (Å²) in [4.78, 5) is 0. The summed E-state index contributed by atoms with van der Waals surface area (Å²) in [6.45, 7) is 7.09. The molecule has 1 rings (SSSR count). The topological polar surface area (TPSA) is 12.0 Å². The lowest BCUT2D eigenvalue weighted by atomic mass is 9.75. The van der Waals surface area contributed by atoms with Crippen LogP contribution in [0, 0.1) is 0 Å². The molecule has 0 aliphatic heterocycles. The van der Waals surface area contributed by atoms with Crippen LogP contribution in [0.15, 0.2) is 30.3 Å². The first-order valence-corrected chi connectivity index (χ1v) is 7.63. The molecule has 1 aromatic carbocycles. The Balaban J connectivity index is 2.75. The lowest BCUT2D eigenvalue weighted by Crippen LogP contribution is -2.45. The monoisotopic (exact) mass is 301 g/mol. The predicted octanol–water partition coefficient (Wildman–Crippen LogP) is 5.07. The van der Waals surface area contributed by atoms with E-state index >= 15 is 0 Å². The van der Waals surface area contributed by atoms with Gasteiger partial charge in [0, 0.05) is 17.9 Å². The third kappa shape index (κ3) is 6.08. The number of alkyl halides is 3. The zero-order valence-corrected chi connectivity index (χ0v) is 13.1. The molecule has 1 nitrogen and oxygen atoms in total. The molecular formula is C17H26F3N. The molecule has 0 saturated heterocycles. The average molecular weight is 301 g/mol. The number of rotatable bonds is 8. The number of benzene rings is 1. The summed E-state index contributed by atoms with van der Waals surface area (Å²) in [5.74, 6) is 0. The highest BCUT2D eigenvalue weighted by Crippen LogP contribution is 2.31. The Morgan fingerprint density at radius 3 is 2.24 bits per heavy atom. The van der Waals surface area contributed by atoms with Gasteiger partial charge in [-0.1, -0.05) is 51.1 Å². The fourth-order valence-corrected chi connectivity index (χ4v) is 2.61. The van der Waals surface area contributed by atoms with Gasteiger partial charge in [-0.2, -0.15) is 13.2 Å². The summed E-state index contributed by atoms with van der Waals surface area (Å²) in [6.07, 6.45) is -3.10. The van der Waals surface area contributed by atoms with Crippen molar-refractivity contribution in [3.05, 3.63) is 35.9 Å². The van der Waals surface area contributed by atoms with E-state index in [2.05, 4.69) is 26.1 Å². The van der Waals surface area contributed by atoms with Gasteiger partial charge in [-0.3, -0.25) is 0 Å². The third-order valence-corrected chi connectivity index (χ3v) is 3.98. The maximum absolute atomic E-state index is 12.4. The van der Waals surface area contributed by atoms with Crippen LogP contribution in [0.1, 0.15) is 52.0 Å². The van der Waals surface area contributed by atoms with Gasteiger partial charge in [0.15, 0.2) is 0 Å². The zero-order chi connectivity index (χ0) is 15.9. The summed E-state index contributed by atoms with van der Waals surface area (Å²) in [7, 11) is 0. The van der Waals surface area contributed by atoms with Gasteiger partial charge in [0.05, 0.1) is 0 Å². The predicted molar refractivity (Wildman–Crippen MR) is 81.5 cm³/mol. The fourth-order valence-electron chi connectivity index (χ4n) is 2.61. The standard InChI is InChI=1S/C17H26F3N/c1-4-13-21-15(11-8-12-17(18,19)20)16(2,3)14-9-6-5-7-10-14/h5-7,9-10,15,21H,4,8,11-13H2,1-3H3. The van der Waals surface area contributed by atoms with Crippen molar-refractivity contribution < 1.29 is 13.2 Å². The van der Waals surface area contributed by atoms with E-state index in [0.29, 0.717) is 6.42 Å². The molecule has 0 fully saturated rings. The molecule has 0 amide bonds. The summed E-state index contributed by atoms with van der Waals surface area (Å²) < 4.78 is 37.1. The van der Waals surface area contributed by atoms with Crippen LogP contribution in [-0.4, -0.2) is 18.8 Å². The second kappa shape index (κ2) is 7.83. The van der Waals surface area contributed by atoms with Gasteiger partial charge in [0.1, 0.15) is 0 Å². The van der Waals surface area contributed by atoms with E-state index in [0.717, 1.165) is 18.5 Å². The second-order valence-electron chi connectivity index (χ2n) is 6.10. The normalized spacial score (nSPS) is 14.2. The van der Waals surface area contributed by atoms with Crippen LogP contribution in [0.3, 0.4) is 0 Å². The van der Waals surface area contributed by atoms with Crippen molar-refractivity contribution in [1.82, 2.24) is 5.32 Å². The average Bonchev–Trinajstić information content (AvgIpc) is 2.42. The van der Waals surface area contributed by atoms with Crippen molar-refractivity contribution in [2.24, 2.45) is 0 Å². The van der Waals surface area contributed by atoms with Crippen LogP contribution in [0.5, 0.6) is 0 Å². The Kier molecular flexibility index (Phi) is 6.72. The SMILES string of the molecule is CCCNC(CCCC(F)(F)F)C(C)(C)c1ccccc1. The van der Waals surface area contributed by atoms with Crippen LogP contribution >= 0.6 is 0 Å². The van der Waals surface area contributed by atoms with Gasteiger partial charge in [-0.15, -0.1) is 0 Å². The van der Waals surface area contributed by atoms with Gasteiger partial charge in [-0.05, 0) is 31.4 Å². The molecule has 0 heterocycles. The van der Waals surface area contributed by atoms with Crippen molar-refractivity contribution in [3.63, 3.8) is 0 Å². The van der Waals surface area contributed by atoms with Crippen LogP contribution in [0.4, 0.5) is 13.2 Å². The van der Waals surface area contributed by atoms with Crippen molar-refractivity contribution in [1.29, 1.82) is 0 Å². The van der Waals surface area contributed by atoms with Gasteiger partial charge in [-0.25, -0.2) is 0 Å². The van der Waals surface area contributed by atoms with E-state index < -0.39 is 12.6 Å². The minimum Gasteiger partial charge on any atom is -0.313 e. The molecule has 0 spiro atoms. The van der Waals surface area contributed by atoms with E-state index in [1.165, 1.54) is 0 Å². The van der Waals surface area contributed by atoms with Crippen LogP contribution in [0.2, 0.25) is 0 Å². The van der Waals surface area contributed by atoms with Crippen molar-refractivity contribution in [2.45, 2.75) is 64.1 Å². The summed E-state index contributed by atoms with van der Waals surface area (Å²) >= 11 is 0. The number of hydrogen-bond acceptors (Lipinski definition) is 1. The number of hydrogen-bond donors (Lipinski definition) is 1. The van der Waals surface area contributed by atoms with E-state index in [-0.39, 0.29) is 17.9 Å². The minimum atomic E-state index is -4.06. The molecule has 0 aliphatic rings. The van der Waals surface area contributed by atoms with Crippen LogP contribution in [-0.2, 0) is 5.41 Å². The van der Waals surface area contributed by atoms with Gasteiger partial charge in [0.2, 0.25) is 0 Å². The smallest absolute Gasteiger partial charge is 0.313 e. The second-order valence-corrected chi connectivity index (χ2v) is 6.10. The van der Waals surface area contributed by atoms with Crippen molar-refractivity contribution in [3.8, 4) is 0 Å². The highest BCUT2D eigenvalue weighted by atomic mass is 19.4. The molecule has 1 atom stereocenters. The lowest BCUT2D eigenvalue weighted by molar-refractivity contribution is -0.136. The van der Waals surface area contributed by atoms with E-state index in [1.807, 2.05) is 30.3 Å². The van der Waals surface area contributed by atoms with Crippen molar-refractivity contribution in [2.75, 3.05) is 6.54 Å². The molecule has 1 aromatic rings. The van der Waals surface area contributed by atoms with E-state index in [4.69, 9.17) is 0 Å². The highest BCUT2D eigenvalue weighted by Gasteiger charge is 2.32. The highest BCUT2D eigenvalue weighted by molar-refractivity contribution is 5.25. The largest absolute Gasteiger partial charge is 0.389 e. The lowest BCUT2D eigenvalue weighted by Gasteiger charge is -2.36. The summed E-state index contributed by atoms with van der Waals surface area (Å²) in [5, 5.41) is 3.43. The first kappa shape index (κ1) is 18.0. The molecule has 0 bridgehead atoms. The van der Waals surface area contributed by atoms with Crippen LogP contribution in [0.25, 0.3) is 0 Å². The van der Waals surface area contributed by atoms with Gasteiger partial charge in [0.25, 0.3) is 0 Å². The zero-order valence-electron chi connectivity index (χ0n) is 13.1. The first-order valence-electron chi connectivity index (χ1n) is 7.63. The Morgan fingerprint density at radius 2 is 1.71 bits per heavy atom. The number of nitrogens with one attached hydrogen (secondary N) is 1. The van der Waals surface area contributed by atoms with Gasteiger partial charge >= 0.3 is 6.18 Å². The van der Waals surface area contributed by atoms with E-state index in [9.17, 15) is 13.2 Å². The fraction of sp³-hybridized carbons (Fsp3) is 0.647. The molecule has 1 unspecified atom stereocenters. The third-order valence-electron chi connectivity index (χ3n) is 3.98. The Labute approximate surface area is 125 Å². The molecule has 0 aromatic heterocycles. The molecule has 1 N–H and O–H groups in total. The quantitative estimate of drug-likeness (QED) is 0.707. The summed E-state index contributed by atoms with van der Waals surface area (Å²) in [5.41, 5.74) is 0.966. The molecule has 0 aliphatic carbocycles. The molecule has 4 heteroatoms.